The molecule has 2 aromatic rings. The molecular formula is C21H22N2O6. The minimum atomic E-state index is -0.612. The van der Waals surface area contributed by atoms with Crippen molar-refractivity contribution >= 4 is 23.5 Å². The van der Waals surface area contributed by atoms with Gasteiger partial charge in [-0.05, 0) is 42.8 Å². The molecule has 0 radical (unpaired) electrons. The van der Waals surface area contributed by atoms with Crippen LogP contribution in [0.25, 0.3) is 0 Å². The number of esters is 1. The molecule has 2 aromatic carbocycles. The van der Waals surface area contributed by atoms with E-state index in [9.17, 15) is 14.4 Å². The van der Waals surface area contributed by atoms with Crippen LogP contribution in [-0.4, -0.2) is 38.1 Å². The Morgan fingerprint density at radius 1 is 1.24 bits per heavy atom. The lowest BCUT2D eigenvalue weighted by Crippen LogP contribution is -2.31. The first kappa shape index (κ1) is 20.2. The summed E-state index contributed by atoms with van der Waals surface area (Å²) in [6, 6.07) is 11.3. The Hall–Kier alpha value is -3.55. The van der Waals surface area contributed by atoms with Gasteiger partial charge in [-0.3, -0.25) is 14.4 Å². The van der Waals surface area contributed by atoms with Crippen LogP contribution in [0.1, 0.15) is 35.3 Å². The van der Waals surface area contributed by atoms with E-state index in [2.05, 4.69) is 10.6 Å². The minimum Gasteiger partial charge on any atom is -0.497 e. The van der Waals surface area contributed by atoms with Crippen LogP contribution in [0.15, 0.2) is 42.5 Å². The molecule has 0 aromatic heterocycles. The van der Waals surface area contributed by atoms with E-state index < -0.39 is 17.9 Å². The van der Waals surface area contributed by atoms with Crippen molar-refractivity contribution in [2.24, 2.45) is 0 Å². The third-order valence-electron chi connectivity index (χ3n) is 4.35. The summed E-state index contributed by atoms with van der Waals surface area (Å²) in [5.74, 6) is -0.000592. The fourth-order valence-corrected chi connectivity index (χ4v) is 2.96. The monoisotopic (exact) mass is 398 g/mol. The molecule has 0 spiro atoms. The van der Waals surface area contributed by atoms with Crippen molar-refractivity contribution in [1.29, 1.82) is 0 Å². The van der Waals surface area contributed by atoms with E-state index in [1.54, 1.807) is 50.4 Å². The summed E-state index contributed by atoms with van der Waals surface area (Å²) in [6.07, 6.45) is -0.0302. The lowest BCUT2D eigenvalue weighted by Gasteiger charge is -2.21. The summed E-state index contributed by atoms with van der Waals surface area (Å²) in [5.41, 5.74) is 1.46. The zero-order valence-corrected chi connectivity index (χ0v) is 16.2. The van der Waals surface area contributed by atoms with Gasteiger partial charge in [0.1, 0.15) is 11.5 Å². The van der Waals surface area contributed by atoms with Gasteiger partial charge in [-0.1, -0.05) is 12.1 Å². The van der Waals surface area contributed by atoms with Crippen molar-refractivity contribution in [2.75, 3.05) is 25.6 Å². The smallest absolute Gasteiger partial charge is 0.308 e. The van der Waals surface area contributed by atoms with Gasteiger partial charge in [0.05, 0.1) is 31.9 Å². The van der Waals surface area contributed by atoms with Gasteiger partial charge in [0.25, 0.3) is 11.8 Å². The van der Waals surface area contributed by atoms with Gasteiger partial charge in [-0.15, -0.1) is 0 Å². The number of hydrogen-bond acceptors (Lipinski definition) is 6. The average molecular weight is 398 g/mol. The second-order valence-electron chi connectivity index (χ2n) is 6.36. The van der Waals surface area contributed by atoms with E-state index in [0.29, 0.717) is 28.3 Å². The molecule has 8 heteroatoms. The Bertz CT molecular complexity index is 927. The molecule has 152 valence electrons. The van der Waals surface area contributed by atoms with Crippen LogP contribution < -0.4 is 20.1 Å². The molecule has 1 heterocycles. The van der Waals surface area contributed by atoms with Crippen molar-refractivity contribution in [3.63, 3.8) is 0 Å². The second kappa shape index (κ2) is 9.09. The van der Waals surface area contributed by atoms with Crippen LogP contribution in [0.4, 0.5) is 5.69 Å². The number of amides is 2. The van der Waals surface area contributed by atoms with Gasteiger partial charge in [-0.25, -0.2) is 0 Å². The van der Waals surface area contributed by atoms with Crippen LogP contribution >= 0.6 is 0 Å². The fourth-order valence-electron chi connectivity index (χ4n) is 2.96. The molecule has 1 unspecified atom stereocenters. The molecule has 1 aliphatic heterocycles. The van der Waals surface area contributed by atoms with Crippen LogP contribution in [0.3, 0.4) is 0 Å². The number of rotatable bonds is 7. The zero-order chi connectivity index (χ0) is 20.8. The van der Waals surface area contributed by atoms with Gasteiger partial charge >= 0.3 is 5.97 Å². The SMILES string of the molecule is CCOC(=O)CC(NC(=O)c1ccc2c(c1)NC(=O)CO2)c1cccc(OC)c1. The summed E-state index contributed by atoms with van der Waals surface area (Å²) in [5, 5.41) is 5.53. The molecular weight excluding hydrogens is 376 g/mol. The number of carbonyl (C=O) groups is 3. The maximum absolute atomic E-state index is 12.8. The molecule has 0 saturated carbocycles. The van der Waals surface area contributed by atoms with Gasteiger partial charge in [-0.2, -0.15) is 0 Å². The Balaban J connectivity index is 1.82. The molecule has 0 saturated heterocycles. The Morgan fingerprint density at radius 2 is 2.07 bits per heavy atom. The second-order valence-corrected chi connectivity index (χ2v) is 6.36. The molecule has 0 bridgehead atoms. The van der Waals surface area contributed by atoms with Crippen molar-refractivity contribution in [3.05, 3.63) is 53.6 Å². The standard InChI is InChI=1S/C21H22N2O6/c1-3-28-20(25)11-16(13-5-4-6-15(9-13)27-2)23-21(26)14-7-8-18-17(10-14)22-19(24)12-29-18/h4-10,16H,3,11-12H2,1-2H3,(H,22,24)(H,23,26). The van der Waals surface area contributed by atoms with E-state index >= 15 is 0 Å². The number of fused-ring (bicyclic) bond motifs is 1. The van der Waals surface area contributed by atoms with E-state index in [0.717, 1.165) is 0 Å². The maximum Gasteiger partial charge on any atom is 0.308 e. The number of nitrogens with one attached hydrogen (secondary N) is 2. The van der Waals surface area contributed by atoms with E-state index in [1.165, 1.54) is 6.07 Å². The molecule has 0 fully saturated rings. The maximum atomic E-state index is 12.8. The highest BCUT2D eigenvalue weighted by Crippen LogP contribution is 2.29. The van der Waals surface area contributed by atoms with E-state index in [4.69, 9.17) is 14.2 Å². The van der Waals surface area contributed by atoms with Crippen LogP contribution in [0.5, 0.6) is 11.5 Å². The number of hydrogen-bond donors (Lipinski definition) is 2. The van der Waals surface area contributed by atoms with E-state index in [1.807, 2.05) is 0 Å². The van der Waals surface area contributed by atoms with Crippen LogP contribution in [-0.2, 0) is 14.3 Å². The summed E-state index contributed by atoms with van der Waals surface area (Å²) in [7, 11) is 1.54. The minimum absolute atomic E-state index is 0.0302. The van der Waals surface area contributed by atoms with Gasteiger partial charge in [0.2, 0.25) is 0 Å². The number of benzene rings is 2. The largest absolute Gasteiger partial charge is 0.497 e. The first-order valence-electron chi connectivity index (χ1n) is 9.17. The lowest BCUT2D eigenvalue weighted by atomic mass is 10.0. The first-order chi connectivity index (χ1) is 14.0. The Morgan fingerprint density at radius 3 is 2.83 bits per heavy atom. The topological polar surface area (TPSA) is 103 Å². The highest BCUT2D eigenvalue weighted by Gasteiger charge is 2.22. The quantitative estimate of drug-likeness (QED) is 0.695. The average Bonchev–Trinajstić information content (AvgIpc) is 2.72. The van der Waals surface area contributed by atoms with Crippen molar-refractivity contribution in [3.8, 4) is 11.5 Å². The van der Waals surface area contributed by atoms with Crippen LogP contribution in [0, 0.1) is 0 Å². The van der Waals surface area contributed by atoms with Crippen molar-refractivity contribution in [1.82, 2.24) is 5.32 Å². The van der Waals surface area contributed by atoms with Gasteiger partial charge in [0, 0.05) is 5.56 Å². The van der Waals surface area contributed by atoms with Gasteiger partial charge in [0.15, 0.2) is 6.61 Å². The summed E-state index contributed by atoms with van der Waals surface area (Å²) >= 11 is 0. The zero-order valence-electron chi connectivity index (χ0n) is 16.2. The number of methoxy groups -OCH3 is 1. The van der Waals surface area contributed by atoms with Crippen LogP contribution in [0.2, 0.25) is 0 Å². The molecule has 29 heavy (non-hydrogen) atoms. The molecule has 3 rings (SSSR count). The highest BCUT2D eigenvalue weighted by atomic mass is 16.5. The van der Waals surface area contributed by atoms with Gasteiger partial charge < -0.3 is 24.8 Å². The Kier molecular flexibility index (Phi) is 6.33. The molecule has 2 N–H and O–H groups in total. The number of ether oxygens (including phenoxy) is 3. The summed E-state index contributed by atoms with van der Waals surface area (Å²) in [4.78, 5) is 36.4. The van der Waals surface area contributed by atoms with E-state index in [-0.39, 0.29) is 25.5 Å². The summed E-state index contributed by atoms with van der Waals surface area (Å²) in [6.45, 7) is 1.92. The predicted molar refractivity (Wildman–Crippen MR) is 105 cm³/mol. The fraction of sp³-hybridized carbons (Fsp3) is 0.286. The highest BCUT2D eigenvalue weighted by molar-refractivity contribution is 6.00. The lowest BCUT2D eigenvalue weighted by molar-refractivity contribution is -0.143. The molecule has 0 aliphatic carbocycles. The van der Waals surface area contributed by atoms with Crippen molar-refractivity contribution < 1.29 is 28.6 Å². The summed E-state index contributed by atoms with van der Waals surface area (Å²) < 4.78 is 15.6. The Labute approximate surface area is 168 Å². The van der Waals surface area contributed by atoms with Crippen molar-refractivity contribution in [2.45, 2.75) is 19.4 Å². The normalized spacial score (nSPS) is 13.4. The molecule has 1 aliphatic rings. The molecule has 1 atom stereocenters. The third-order valence-corrected chi connectivity index (χ3v) is 4.35. The third kappa shape index (κ3) is 5.04. The first-order valence-corrected chi connectivity index (χ1v) is 9.17. The molecule has 2 amide bonds. The number of anilines is 1. The molecule has 8 nitrogen and oxygen atoms in total. The predicted octanol–water partition coefficient (Wildman–Crippen LogP) is 2.45. The number of carbonyl (C=O) groups excluding carboxylic acids is 3.